The smallest absolute Gasteiger partial charge is 0.212 e. The van der Waals surface area contributed by atoms with Gasteiger partial charge in [0.2, 0.25) is 10.0 Å². The molecule has 0 spiro atoms. The summed E-state index contributed by atoms with van der Waals surface area (Å²) in [5, 5.41) is 3.28. The molecule has 2 rings (SSSR count). The highest BCUT2D eigenvalue weighted by atomic mass is 32.2. The average molecular weight is 288 g/mol. The van der Waals surface area contributed by atoms with Gasteiger partial charge in [0.25, 0.3) is 0 Å². The molecule has 19 heavy (non-hydrogen) atoms. The van der Waals surface area contributed by atoms with Crippen LogP contribution in [0.1, 0.15) is 51.9 Å². The largest absolute Gasteiger partial charge is 0.316 e. The van der Waals surface area contributed by atoms with Gasteiger partial charge in [-0.15, -0.1) is 0 Å². The van der Waals surface area contributed by atoms with Gasteiger partial charge in [-0.2, -0.15) is 0 Å². The van der Waals surface area contributed by atoms with Crippen LogP contribution in [0.2, 0.25) is 0 Å². The molecule has 1 saturated carbocycles. The zero-order valence-electron chi connectivity index (χ0n) is 12.0. The molecule has 2 fully saturated rings. The molecule has 1 saturated heterocycles. The van der Waals surface area contributed by atoms with Crippen LogP contribution < -0.4 is 10.0 Å². The van der Waals surface area contributed by atoms with Gasteiger partial charge < -0.3 is 5.32 Å². The Morgan fingerprint density at radius 3 is 2.68 bits per heavy atom. The van der Waals surface area contributed by atoms with Crippen LogP contribution in [0, 0.1) is 11.8 Å². The topological polar surface area (TPSA) is 58.2 Å². The first-order chi connectivity index (χ1) is 9.05. The van der Waals surface area contributed by atoms with Crippen LogP contribution in [0.4, 0.5) is 0 Å². The Labute approximate surface area is 117 Å². The summed E-state index contributed by atoms with van der Waals surface area (Å²) in [6, 6.07) is 0.173. The van der Waals surface area contributed by atoms with Gasteiger partial charge in [-0.3, -0.25) is 0 Å². The molecule has 1 aliphatic heterocycles. The third kappa shape index (κ3) is 5.40. The van der Waals surface area contributed by atoms with Crippen molar-refractivity contribution in [2.75, 3.05) is 18.8 Å². The van der Waals surface area contributed by atoms with Gasteiger partial charge in [-0.05, 0) is 57.0 Å². The van der Waals surface area contributed by atoms with Crippen LogP contribution in [0.3, 0.4) is 0 Å². The lowest BCUT2D eigenvalue weighted by atomic mass is 10.0. The molecule has 2 aliphatic rings. The second kappa shape index (κ2) is 7.04. The Morgan fingerprint density at radius 2 is 1.95 bits per heavy atom. The van der Waals surface area contributed by atoms with Crippen LogP contribution >= 0.6 is 0 Å². The minimum Gasteiger partial charge on any atom is -0.316 e. The van der Waals surface area contributed by atoms with Crippen molar-refractivity contribution in [2.24, 2.45) is 11.8 Å². The van der Waals surface area contributed by atoms with Crippen LogP contribution in [-0.2, 0) is 10.0 Å². The van der Waals surface area contributed by atoms with Crippen LogP contribution in [-0.4, -0.2) is 33.3 Å². The van der Waals surface area contributed by atoms with E-state index < -0.39 is 10.0 Å². The fourth-order valence-electron chi connectivity index (χ4n) is 3.28. The first kappa shape index (κ1) is 15.3. The SMILES string of the molecule is CC1CCCC(NS(=O)(=O)CC2CCCNC2)CC1. The quantitative estimate of drug-likeness (QED) is 0.777. The molecule has 2 N–H and O–H groups in total. The van der Waals surface area contributed by atoms with E-state index in [2.05, 4.69) is 17.0 Å². The van der Waals surface area contributed by atoms with E-state index in [0.717, 1.165) is 57.5 Å². The number of nitrogens with one attached hydrogen (secondary N) is 2. The number of piperidine rings is 1. The Morgan fingerprint density at radius 1 is 1.11 bits per heavy atom. The average Bonchev–Trinajstić information content (AvgIpc) is 2.54. The van der Waals surface area contributed by atoms with Crippen molar-refractivity contribution < 1.29 is 8.42 Å². The van der Waals surface area contributed by atoms with Gasteiger partial charge in [0.1, 0.15) is 0 Å². The maximum absolute atomic E-state index is 12.2. The monoisotopic (exact) mass is 288 g/mol. The Balaban J connectivity index is 1.82. The Hall–Kier alpha value is -0.130. The van der Waals surface area contributed by atoms with Crippen LogP contribution in [0.5, 0.6) is 0 Å². The standard InChI is InChI=1S/C14H28N2O2S/c1-12-4-2-6-14(8-7-12)16-19(17,18)11-13-5-3-9-15-10-13/h12-16H,2-11H2,1H3. The first-order valence-corrected chi connectivity index (χ1v) is 9.41. The molecule has 1 heterocycles. The molecular formula is C14H28N2O2S. The maximum Gasteiger partial charge on any atom is 0.212 e. The fourth-order valence-corrected chi connectivity index (χ4v) is 5.03. The predicted molar refractivity (Wildman–Crippen MR) is 78.6 cm³/mol. The van der Waals surface area contributed by atoms with Gasteiger partial charge in [-0.25, -0.2) is 13.1 Å². The van der Waals surface area contributed by atoms with E-state index in [0.29, 0.717) is 5.75 Å². The van der Waals surface area contributed by atoms with Crippen molar-refractivity contribution in [1.82, 2.24) is 10.0 Å². The summed E-state index contributed by atoms with van der Waals surface area (Å²) < 4.78 is 27.4. The van der Waals surface area contributed by atoms with Gasteiger partial charge in [0.05, 0.1) is 5.75 Å². The summed E-state index contributed by atoms with van der Waals surface area (Å²) in [5.41, 5.74) is 0. The van der Waals surface area contributed by atoms with Crippen molar-refractivity contribution in [2.45, 2.75) is 57.9 Å². The fraction of sp³-hybridized carbons (Fsp3) is 1.00. The molecule has 5 heteroatoms. The molecule has 1 aliphatic carbocycles. The summed E-state index contributed by atoms with van der Waals surface area (Å²) in [6.45, 7) is 4.15. The second-order valence-electron chi connectivity index (χ2n) is 6.42. The van der Waals surface area contributed by atoms with Crippen LogP contribution in [0.25, 0.3) is 0 Å². The van der Waals surface area contributed by atoms with Gasteiger partial charge in [-0.1, -0.05) is 19.8 Å². The molecule has 0 aromatic heterocycles. The lowest BCUT2D eigenvalue weighted by Crippen LogP contribution is -2.41. The van der Waals surface area contributed by atoms with E-state index >= 15 is 0 Å². The minimum atomic E-state index is -3.10. The van der Waals surface area contributed by atoms with Gasteiger partial charge in [0, 0.05) is 6.04 Å². The molecule has 0 aromatic carbocycles. The normalized spacial score (nSPS) is 33.8. The molecular weight excluding hydrogens is 260 g/mol. The number of hydrogen-bond donors (Lipinski definition) is 2. The molecule has 0 amide bonds. The maximum atomic E-state index is 12.2. The highest BCUT2D eigenvalue weighted by Crippen LogP contribution is 2.23. The summed E-state index contributed by atoms with van der Waals surface area (Å²) in [7, 11) is -3.10. The first-order valence-electron chi connectivity index (χ1n) is 7.76. The van der Waals surface area contributed by atoms with E-state index in [4.69, 9.17) is 0 Å². The van der Waals surface area contributed by atoms with Crippen LogP contribution in [0.15, 0.2) is 0 Å². The van der Waals surface area contributed by atoms with E-state index in [1.54, 1.807) is 0 Å². The van der Waals surface area contributed by atoms with Crippen molar-refractivity contribution in [3.8, 4) is 0 Å². The zero-order chi connectivity index (χ0) is 13.7. The molecule has 0 bridgehead atoms. The number of rotatable bonds is 4. The third-order valence-corrected chi connectivity index (χ3v) is 6.06. The zero-order valence-corrected chi connectivity index (χ0v) is 12.8. The molecule has 0 aromatic rings. The van der Waals surface area contributed by atoms with Gasteiger partial charge in [0.15, 0.2) is 0 Å². The van der Waals surface area contributed by atoms with Crippen molar-refractivity contribution >= 4 is 10.0 Å². The highest BCUT2D eigenvalue weighted by Gasteiger charge is 2.25. The predicted octanol–water partition coefficient (Wildman–Crippen LogP) is 1.87. The van der Waals surface area contributed by atoms with E-state index in [1.165, 1.54) is 6.42 Å². The number of hydrogen-bond acceptors (Lipinski definition) is 3. The van der Waals surface area contributed by atoms with E-state index in [9.17, 15) is 8.42 Å². The van der Waals surface area contributed by atoms with E-state index in [-0.39, 0.29) is 12.0 Å². The second-order valence-corrected chi connectivity index (χ2v) is 8.22. The van der Waals surface area contributed by atoms with Gasteiger partial charge >= 0.3 is 0 Å². The third-order valence-electron chi connectivity index (χ3n) is 4.46. The molecule has 112 valence electrons. The van der Waals surface area contributed by atoms with E-state index in [1.807, 2.05) is 0 Å². The Kier molecular flexibility index (Phi) is 5.66. The molecule has 3 atom stereocenters. The highest BCUT2D eigenvalue weighted by molar-refractivity contribution is 7.89. The summed E-state index contributed by atoms with van der Waals surface area (Å²) in [4.78, 5) is 0. The number of sulfonamides is 1. The Bertz CT molecular complexity index is 364. The minimum absolute atomic E-state index is 0.173. The van der Waals surface area contributed by atoms with Crippen molar-refractivity contribution in [1.29, 1.82) is 0 Å². The summed E-state index contributed by atoms with van der Waals surface area (Å²) >= 11 is 0. The molecule has 0 radical (unpaired) electrons. The lowest BCUT2D eigenvalue weighted by molar-refractivity contribution is 0.400. The van der Waals surface area contributed by atoms with Crippen molar-refractivity contribution in [3.63, 3.8) is 0 Å². The summed E-state index contributed by atoms with van der Waals surface area (Å²) in [5.74, 6) is 1.33. The molecule has 4 nitrogen and oxygen atoms in total. The lowest BCUT2D eigenvalue weighted by Gasteiger charge is -2.24. The summed E-state index contributed by atoms with van der Waals surface area (Å²) in [6.07, 6.45) is 7.69. The molecule has 3 unspecified atom stereocenters. The van der Waals surface area contributed by atoms with Crippen molar-refractivity contribution in [3.05, 3.63) is 0 Å².